The van der Waals surface area contributed by atoms with Gasteiger partial charge in [0.2, 0.25) is 5.90 Å². The van der Waals surface area contributed by atoms with Crippen molar-refractivity contribution in [2.75, 3.05) is 6.61 Å². The van der Waals surface area contributed by atoms with Crippen LogP contribution in [0.15, 0.2) is 65.3 Å². The van der Waals surface area contributed by atoms with Gasteiger partial charge in [-0.15, -0.1) is 0 Å². The molecule has 140 valence electrons. The van der Waals surface area contributed by atoms with Crippen LogP contribution in [0.25, 0.3) is 6.08 Å². The molecule has 2 aromatic rings. The average molecular weight is 363 g/mol. The monoisotopic (exact) mass is 363 g/mol. The Kier molecular flexibility index (Phi) is 6.80. The molecular weight excluding hydrogens is 338 g/mol. The average Bonchev–Trinajstić information content (AvgIpc) is 3.07. The number of para-hydroxylation sites is 1. The normalized spacial score (nSPS) is 14.9. The fourth-order valence-electron chi connectivity index (χ4n) is 2.88. The van der Waals surface area contributed by atoms with Gasteiger partial charge in [-0.1, -0.05) is 69.0 Å². The summed E-state index contributed by atoms with van der Waals surface area (Å²) in [5.41, 5.74) is 1.90. The summed E-state index contributed by atoms with van der Waals surface area (Å²) in [4.78, 5) is 16.5. The Morgan fingerprint density at radius 3 is 2.52 bits per heavy atom. The zero-order valence-electron chi connectivity index (χ0n) is 15.7. The molecule has 0 saturated heterocycles. The molecule has 1 aliphatic heterocycles. The van der Waals surface area contributed by atoms with Gasteiger partial charge in [0.05, 0.1) is 6.61 Å². The maximum absolute atomic E-state index is 12.2. The maximum Gasteiger partial charge on any atom is 0.363 e. The predicted octanol–water partition coefficient (Wildman–Crippen LogP) is 5.38. The SMILES string of the molecule is CCCCCCCOc1ccccc1/C=C1\N=C(c2ccccc2)OC1=O. The second-order valence-corrected chi connectivity index (χ2v) is 6.50. The summed E-state index contributed by atoms with van der Waals surface area (Å²) >= 11 is 0. The number of carbonyl (C=O) groups excluding carboxylic acids is 1. The largest absolute Gasteiger partial charge is 0.493 e. The van der Waals surface area contributed by atoms with E-state index >= 15 is 0 Å². The van der Waals surface area contributed by atoms with Crippen LogP contribution in [0.3, 0.4) is 0 Å². The number of nitrogens with zero attached hydrogens (tertiary/aromatic N) is 1. The highest BCUT2D eigenvalue weighted by Crippen LogP contribution is 2.25. The fraction of sp³-hybridized carbons (Fsp3) is 0.304. The predicted molar refractivity (Wildman–Crippen MR) is 108 cm³/mol. The van der Waals surface area contributed by atoms with Crippen molar-refractivity contribution < 1.29 is 14.3 Å². The summed E-state index contributed by atoms with van der Waals surface area (Å²) in [7, 11) is 0. The first-order chi connectivity index (χ1) is 13.3. The number of ether oxygens (including phenoxy) is 2. The summed E-state index contributed by atoms with van der Waals surface area (Å²) in [5.74, 6) is 0.654. The van der Waals surface area contributed by atoms with E-state index in [2.05, 4.69) is 11.9 Å². The molecule has 4 nitrogen and oxygen atoms in total. The summed E-state index contributed by atoms with van der Waals surface area (Å²) in [6, 6.07) is 17.1. The molecule has 1 aliphatic rings. The smallest absolute Gasteiger partial charge is 0.363 e. The van der Waals surface area contributed by atoms with Gasteiger partial charge in [-0.05, 0) is 30.7 Å². The molecule has 0 bridgehead atoms. The Balaban J connectivity index is 1.69. The Hall–Kier alpha value is -2.88. The van der Waals surface area contributed by atoms with Crippen LogP contribution in [0.5, 0.6) is 5.75 Å². The Morgan fingerprint density at radius 2 is 1.70 bits per heavy atom. The third-order valence-electron chi connectivity index (χ3n) is 4.36. The van der Waals surface area contributed by atoms with Gasteiger partial charge in [-0.25, -0.2) is 9.79 Å². The van der Waals surface area contributed by atoms with Crippen molar-refractivity contribution in [2.45, 2.75) is 39.0 Å². The van der Waals surface area contributed by atoms with E-state index in [-0.39, 0.29) is 5.70 Å². The fourth-order valence-corrected chi connectivity index (χ4v) is 2.88. The minimum atomic E-state index is -0.441. The number of esters is 1. The highest BCUT2D eigenvalue weighted by Gasteiger charge is 2.24. The van der Waals surface area contributed by atoms with E-state index in [1.54, 1.807) is 6.08 Å². The second-order valence-electron chi connectivity index (χ2n) is 6.50. The lowest BCUT2D eigenvalue weighted by Crippen LogP contribution is -2.05. The molecule has 0 radical (unpaired) electrons. The molecule has 0 unspecified atom stereocenters. The van der Waals surface area contributed by atoms with Gasteiger partial charge in [0.25, 0.3) is 0 Å². The first kappa shape index (κ1) is 18.9. The summed E-state index contributed by atoms with van der Waals surface area (Å²) < 4.78 is 11.2. The summed E-state index contributed by atoms with van der Waals surface area (Å²) in [6.45, 7) is 2.88. The third-order valence-corrected chi connectivity index (χ3v) is 4.36. The molecule has 0 spiro atoms. The molecule has 0 saturated carbocycles. The van der Waals surface area contributed by atoms with Crippen molar-refractivity contribution in [1.29, 1.82) is 0 Å². The van der Waals surface area contributed by atoms with Gasteiger partial charge in [0.15, 0.2) is 5.70 Å². The first-order valence-corrected chi connectivity index (χ1v) is 9.57. The Morgan fingerprint density at radius 1 is 0.963 bits per heavy atom. The van der Waals surface area contributed by atoms with Crippen molar-refractivity contribution in [3.63, 3.8) is 0 Å². The number of unbranched alkanes of at least 4 members (excludes halogenated alkanes) is 4. The van der Waals surface area contributed by atoms with Gasteiger partial charge in [0.1, 0.15) is 5.75 Å². The molecule has 0 N–H and O–H groups in total. The molecule has 0 atom stereocenters. The van der Waals surface area contributed by atoms with Gasteiger partial charge in [0, 0.05) is 11.1 Å². The molecule has 27 heavy (non-hydrogen) atoms. The molecule has 0 aliphatic carbocycles. The van der Waals surface area contributed by atoms with Crippen LogP contribution >= 0.6 is 0 Å². The zero-order valence-corrected chi connectivity index (χ0v) is 15.7. The molecule has 0 fully saturated rings. The van der Waals surface area contributed by atoms with Gasteiger partial charge >= 0.3 is 5.97 Å². The van der Waals surface area contributed by atoms with Crippen molar-refractivity contribution >= 4 is 17.9 Å². The molecule has 3 rings (SSSR count). The number of benzene rings is 2. The molecule has 0 amide bonds. The Labute approximate surface area is 160 Å². The number of cyclic esters (lactones) is 1. The molecular formula is C23H25NO3. The van der Waals surface area contributed by atoms with Crippen LogP contribution in [-0.2, 0) is 9.53 Å². The van der Waals surface area contributed by atoms with Crippen LogP contribution in [0.1, 0.15) is 50.2 Å². The molecule has 0 aromatic heterocycles. The standard InChI is InChI=1S/C23H25NO3/c1-2-3-4-5-11-16-26-21-15-10-9-14-19(21)17-20-23(25)27-22(24-20)18-12-7-6-8-13-18/h6-10,12-15,17H,2-5,11,16H2,1H3/b20-17-. The zero-order chi connectivity index (χ0) is 18.9. The summed E-state index contributed by atoms with van der Waals surface area (Å²) in [5, 5.41) is 0. The topological polar surface area (TPSA) is 47.9 Å². The maximum atomic E-state index is 12.2. The van der Waals surface area contributed by atoms with E-state index in [0.717, 1.165) is 23.3 Å². The van der Waals surface area contributed by atoms with Crippen LogP contribution < -0.4 is 4.74 Å². The lowest BCUT2D eigenvalue weighted by molar-refractivity contribution is -0.129. The number of hydrogen-bond donors (Lipinski definition) is 0. The van der Waals surface area contributed by atoms with Gasteiger partial charge in [-0.2, -0.15) is 0 Å². The number of carbonyl (C=O) groups is 1. The van der Waals surface area contributed by atoms with Crippen LogP contribution in [0.2, 0.25) is 0 Å². The van der Waals surface area contributed by atoms with Crippen LogP contribution in [-0.4, -0.2) is 18.5 Å². The minimum Gasteiger partial charge on any atom is -0.493 e. The van der Waals surface area contributed by atoms with Crippen LogP contribution in [0.4, 0.5) is 0 Å². The quantitative estimate of drug-likeness (QED) is 0.341. The van der Waals surface area contributed by atoms with Crippen molar-refractivity contribution in [3.05, 3.63) is 71.4 Å². The number of aliphatic imine (C=N–C) groups is 1. The molecule has 2 aromatic carbocycles. The lowest BCUT2D eigenvalue weighted by atomic mass is 10.1. The van der Waals surface area contributed by atoms with E-state index < -0.39 is 5.97 Å². The van der Waals surface area contributed by atoms with E-state index in [4.69, 9.17) is 9.47 Å². The van der Waals surface area contributed by atoms with Crippen LogP contribution in [0, 0.1) is 0 Å². The van der Waals surface area contributed by atoms with E-state index in [9.17, 15) is 4.79 Å². The first-order valence-electron chi connectivity index (χ1n) is 9.57. The van der Waals surface area contributed by atoms with Gasteiger partial charge in [-0.3, -0.25) is 0 Å². The number of rotatable bonds is 9. The third kappa shape index (κ3) is 5.30. The molecule has 4 heteroatoms. The van der Waals surface area contributed by atoms with E-state index in [0.29, 0.717) is 12.5 Å². The van der Waals surface area contributed by atoms with Crippen molar-refractivity contribution in [3.8, 4) is 5.75 Å². The van der Waals surface area contributed by atoms with E-state index in [1.165, 1.54) is 25.7 Å². The van der Waals surface area contributed by atoms with Crippen molar-refractivity contribution in [1.82, 2.24) is 0 Å². The van der Waals surface area contributed by atoms with Crippen molar-refractivity contribution in [2.24, 2.45) is 4.99 Å². The second kappa shape index (κ2) is 9.72. The minimum absolute atomic E-state index is 0.285. The van der Waals surface area contributed by atoms with Gasteiger partial charge < -0.3 is 9.47 Å². The molecule has 1 heterocycles. The highest BCUT2D eigenvalue weighted by molar-refractivity contribution is 6.12. The van der Waals surface area contributed by atoms with E-state index in [1.807, 2.05) is 54.6 Å². The Bertz CT molecular complexity index is 825. The lowest BCUT2D eigenvalue weighted by Gasteiger charge is -2.09. The number of hydrogen-bond acceptors (Lipinski definition) is 4. The highest BCUT2D eigenvalue weighted by atomic mass is 16.6. The summed E-state index contributed by atoms with van der Waals surface area (Å²) in [6.07, 6.45) is 7.68.